The maximum Gasteiger partial charge on any atom is 0.330 e. The molecule has 1 aliphatic rings. The second-order valence-electron chi connectivity index (χ2n) is 4.24. The summed E-state index contributed by atoms with van der Waals surface area (Å²) < 4.78 is 0. The molecule has 1 aromatic heterocycles. The third kappa shape index (κ3) is 2.05. The summed E-state index contributed by atoms with van der Waals surface area (Å²) in [5, 5.41) is 3.07. The van der Waals surface area contributed by atoms with Crippen molar-refractivity contribution in [3.8, 4) is 0 Å². The van der Waals surface area contributed by atoms with E-state index in [0.29, 0.717) is 11.2 Å². The summed E-state index contributed by atoms with van der Waals surface area (Å²) in [4.78, 5) is 32.6. The first-order valence-corrected chi connectivity index (χ1v) is 5.77. The summed E-state index contributed by atoms with van der Waals surface area (Å²) in [6, 6.07) is 4.79. The molecule has 0 unspecified atom stereocenters. The number of imide groups is 1. The number of benzene rings is 1. The number of amides is 3. The first-order chi connectivity index (χ1) is 9.13. The summed E-state index contributed by atoms with van der Waals surface area (Å²) in [6.45, 7) is 0.276. The Morgan fingerprint density at radius 1 is 1.32 bits per heavy atom. The molecule has 1 fully saturated rings. The van der Waals surface area contributed by atoms with E-state index in [0.717, 1.165) is 5.39 Å². The van der Waals surface area contributed by atoms with Crippen molar-refractivity contribution in [2.75, 3.05) is 17.2 Å². The Kier molecular flexibility index (Phi) is 2.52. The number of hydrogen-bond acceptors (Lipinski definition) is 5. The second-order valence-corrected chi connectivity index (χ2v) is 4.24. The lowest BCUT2D eigenvalue weighted by molar-refractivity contribution is -0.120. The van der Waals surface area contributed by atoms with Gasteiger partial charge in [-0.2, -0.15) is 0 Å². The fourth-order valence-electron chi connectivity index (χ4n) is 1.92. The molecule has 2 heterocycles. The molecular weight excluding hydrogens is 246 g/mol. The number of carbonyl (C=O) groups is 2. The van der Waals surface area contributed by atoms with Gasteiger partial charge < -0.3 is 5.73 Å². The molecule has 0 saturated carbocycles. The van der Waals surface area contributed by atoms with Crippen molar-refractivity contribution in [2.45, 2.75) is 6.42 Å². The Morgan fingerprint density at radius 2 is 2.16 bits per heavy atom. The van der Waals surface area contributed by atoms with Gasteiger partial charge in [-0.3, -0.25) is 15.0 Å². The molecular formula is C12H11N5O2. The highest BCUT2D eigenvalue weighted by Crippen LogP contribution is 2.18. The number of rotatable bonds is 1. The summed E-state index contributed by atoms with van der Waals surface area (Å²) in [5.41, 5.74) is 6.95. The number of anilines is 2. The highest BCUT2D eigenvalue weighted by molar-refractivity contribution is 6.05. The molecule has 1 aromatic carbocycles. The number of carbonyl (C=O) groups excluding carboxylic acids is 2. The lowest BCUT2D eigenvalue weighted by Gasteiger charge is -2.24. The Labute approximate surface area is 108 Å². The van der Waals surface area contributed by atoms with Crippen molar-refractivity contribution in [3.05, 3.63) is 24.4 Å². The molecule has 0 bridgehead atoms. The van der Waals surface area contributed by atoms with Crippen LogP contribution in [0.5, 0.6) is 0 Å². The molecule has 1 saturated heterocycles. The molecule has 0 spiro atoms. The summed E-state index contributed by atoms with van der Waals surface area (Å²) in [5.74, 6) is -0.0191. The van der Waals surface area contributed by atoms with E-state index in [1.54, 1.807) is 18.3 Å². The fraction of sp³-hybridized carbons (Fsp3) is 0.167. The van der Waals surface area contributed by atoms with Gasteiger partial charge in [-0.15, -0.1) is 0 Å². The maximum absolute atomic E-state index is 11.7. The summed E-state index contributed by atoms with van der Waals surface area (Å²) >= 11 is 0. The molecule has 3 N–H and O–H groups in total. The SMILES string of the molecule is Nc1ccc2cnc(N3CCC(=O)NC3=O)nc2c1. The fourth-order valence-corrected chi connectivity index (χ4v) is 1.92. The van der Waals surface area contributed by atoms with Crippen molar-refractivity contribution in [1.29, 1.82) is 0 Å². The summed E-state index contributed by atoms with van der Waals surface area (Å²) in [7, 11) is 0. The monoisotopic (exact) mass is 257 g/mol. The van der Waals surface area contributed by atoms with E-state index in [2.05, 4.69) is 15.3 Å². The molecule has 96 valence electrons. The molecule has 19 heavy (non-hydrogen) atoms. The Hall–Kier alpha value is -2.70. The third-order valence-corrected chi connectivity index (χ3v) is 2.89. The van der Waals surface area contributed by atoms with Crippen molar-refractivity contribution >= 4 is 34.5 Å². The molecule has 3 amide bonds. The van der Waals surface area contributed by atoms with Gasteiger partial charge in [0.2, 0.25) is 11.9 Å². The van der Waals surface area contributed by atoms with Gasteiger partial charge in [-0.25, -0.2) is 14.8 Å². The van der Waals surface area contributed by atoms with Crippen LogP contribution in [0.15, 0.2) is 24.4 Å². The van der Waals surface area contributed by atoms with E-state index in [9.17, 15) is 9.59 Å². The van der Waals surface area contributed by atoms with E-state index in [1.165, 1.54) is 4.90 Å². The van der Waals surface area contributed by atoms with E-state index in [1.807, 2.05) is 6.07 Å². The highest BCUT2D eigenvalue weighted by atomic mass is 16.2. The van der Waals surface area contributed by atoms with Crippen LogP contribution in [-0.4, -0.2) is 28.5 Å². The number of aromatic nitrogens is 2. The minimum Gasteiger partial charge on any atom is -0.399 e. The molecule has 7 nitrogen and oxygen atoms in total. The van der Waals surface area contributed by atoms with Gasteiger partial charge in [-0.05, 0) is 18.2 Å². The van der Waals surface area contributed by atoms with Gasteiger partial charge in [0, 0.05) is 30.2 Å². The average Bonchev–Trinajstić information content (AvgIpc) is 2.38. The third-order valence-electron chi connectivity index (χ3n) is 2.89. The topological polar surface area (TPSA) is 101 Å². The molecule has 0 radical (unpaired) electrons. The van der Waals surface area contributed by atoms with Gasteiger partial charge in [-0.1, -0.05) is 0 Å². The standard InChI is InChI=1S/C12H11N5O2/c13-8-2-1-7-6-14-11(15-9(7)5-8)17-4-3-10(18)16-12(17)19/h1-2,5-6H,3-4,13H2,(H,16,18,19). The Bertz CT molecular complexity index is 685. The van der Waals surface area contributed by atoms with Crippen LogP contribution in [0.2, 0.25) is 0 Å². The number of urea groups is 1. The Morgan fingerprint density at radius 3 is 2.95 bits per heavy atom. The smallest absolute Gasteiger partial charge is 0.330 e. The van der Waals surface area contributed by atoms with Gasteiger partial charge >= 0.3 is 6.03 Å². The predicted octanol–water partition coefficient (Wildman–Crippen LogP) is 0.658. The lowest BCUT2D eigenvalue weighted by atomic mass is 10.2. The minimum atomic E-state index is -0.500. The first-order valence-electron chi connectivity index (χ1n) is 5.77. The van der Waals surface area contributed by atoms with E-state index in [4.69, 9.17) is 5.73 Å². The van der Waals surface area contributed by atoms with Gasteiger partial charge in [0.15, 0.2) is 0 Å². The molecule has 7 heteroatoms. The van der Waals surface area contributed by atoms with E-state index >= 15 is 0 Å². The Balaban J connectivity index is 2.01. The van der Waals surface area contributed by atoms with Crippen LogP contribution in [-0.2, 0) is 4.79 Å². The van der Waals surface area contributed by atoms with E-state index < -0.39 is 6.03 Å². The quantitative estimate of drug-likeness (QED) is 0.731. The highest BCUT2D eigenvalue weighted by Gasteiger charge is 2.26. The first kappa shape index (κ1) is 11.4. The van der Waals surface area contributed by atoms with Crippen LogP contribution in [0.25, 0.3) is 10.9 Å². The average molecular weight is 257 g/mol. The maximum atomic E-state index is 11.7. The number of hydrogen-bond donors (Lipinski definition) is 2. The molecule has 2 aromatic rings. The number of nitrogens with zero attached hydrogens (tertiary/aromatic N) is 3. The largest absolute Gasteiger partial charge is 0.399 e. The van der Waals surface area contributed by atoms with Crippen LogP contribution < -0.4 is 16.0 Å². The van der Waals surface area contributed by atoms with Crippen LogP contribution in [0, 0.1) is 0 Å². The molecule has 0 atom stereocenters. The van der Waals surface area contributed by atoms with Gasteiger partial charge in [0.25, 0.3) is 0 Å². The van der Waals surface area contributed by atoms with Crippen molar-refractivity contribution in [1.82, 2.24) is 15.3 Å². The number of nitrogens with two attached hydrogens (primary N) is 1. The molecule has 3 rings (SSSR count). The molecule has 1 aliphatic heterocycles. The zero-order chi connectivity index (χ0) is 13.4. The second kappa shape index (κ2) is 4.20. The van der Waals surface area contributed by atoms with Crippen molar-refractivity contribution < 1.29 is 9.59 Å². The number of fused-ring (bicyclic) bond motifs is 1. The normalized spacial score (nSPS) is 15.7. The van der Waals surface area contributed by atoms with E-state index in [-0.39, 0.29) is 24.8 Å². The van der Waals surface area contributed by atoms with Crippen molar-refractivity contribution in [3.63, 3.8) is 0 Å². The van der Waals surface area contributed by atoms with Crippen LogP contribution in [0.4, 0.5) is 16.4 Å². The van der Waals surface area contributed by atoms with Crippen LogP contribution in [0.3, 0.4) is 0 Å². The van der Waals surface area contributed by atoms with Gasteiger partial charge in [0.05, 0.1) is 5.52 Å². The van der Waals surface area contributed by atoms with Crippen molar-refractivity contribution in [2.24, 2.45) is 0 Å². The van der Waals surface area contributed by atoms with Crippen LogP contribution >= 0.6 is 0 Å². The van der Waals surface area contributed by atoms with Gasteiger partial charge in [0.1, 0.15) is 0 Å². The minimum absolute atomic E-state index is 0.240. The number of nitrogens with one attached hydrogen (secondary N) is 1. The zero-order valence-corrected chi connectivity index (χ0v) is 9.96. The van der Waals surface area contributed by atoms with Crippen LogP contribution in [0.1, 0.15) is 6.42 Å². The summed E-state index contributed by atoms with van der Waals surface area (Å²) in [6.07, 6.45) is 1.87. The lowest BCUT2D eigenvalue weighted by Crippen LogP contribution is -2.50. The zero-order valence-electron chi connectivity index (χ0n) is 9.96. The molecule has 0 aliphatic carbocycles. The number of nitrogen functional groups attached to an aromatic ring is 1. The predicted molar refractivity (Wildman–Crippen MR) is 69.5 cm³/mol.